The van der Waals surface area contributed by atoms with E-state index in [-0.39, 0.29) is 23.8 Å². The number of pyridine rings is 1. The number of amides is 2. The number of hydrogen-bond acceptors (Lipinski definition) is 3. The molecule has 0 aliphatic carbocycles. The minimum Gasteiger partial charge on any atom is -0.348 e. The second kappa shape index (κ2) is 7.92. The number of piperidine rings is 1. The number of nitrogens with zero attached hydrogens (tertiary/aromatic N) is 2. The van der Waals surface area contributed by atoms with Crippen molar-refractivity contribution in [2.45, 2.75) is 45.6 Å². The van der Waals surface area contributed by atoms with E-state index in [4.69, 9.17) is 0 Å². The first-order chi connectivity index (χ1) is 10.7. The average molecular weight is 303 g/mol. The van der Waals surface area contributed by atoms with Crippen molar-refractivity contribution in [3.8, 4) is 0 Å². The Balaban J connectivity index is 1.82. The van der Waals surface area contributed by atoms with Crippen molar-refractivity contribution in [2.75, 3.05) is 13.1 Å². The van der Waals surface area contributed by atoms with E-state index in [2.05, 4.69) is 24.1 Å². The maximum Gasteiger partial charge on any atom is 0.270 e. The summed E-state index contributed by atoms with van der Waals surface area (Å²) < 4.78 is 0. The zero-order valence-corrected chi connectivity index (χ0v) is 13.4. The summed E-state index contributed by atoms with van der Waals surface area (Å²) in [6.45, 7) is 5.57. The quantitative estimate of drug-likeness (QED) is 0.907. The normalized spacial score (nSPS) is 15.9. The molecular formula is C17H25N3O2. The van der Waals surface area contributed by atoms with Crippen LogP contribution in [0.1, 0.15) is 50.0 Å². The van der Waals surface area contributed by atoms with Crippen molar-refractivity contribution >= 4 is 11.8 Å². The highest BCUT2D eigenvalue weighted by Crippen LogP contribution is 2.17. The second-order valence-corrected chi connectivity index (χ2v) is 5.80. The Morgan fingerprint density at radius 2 is 1.95 bits per heavy atom. The SMILES string of the molecule is CCC(CC)C(=O)N1CCC(NC(=O)c2ccccn2)CC1. The molecule has 1 aromatic rings. The van der Waals surface area contributed by atoms with Gasteiger partial charge in [-0.25, -0.2) is 0 Å². The third-order valence-electron chi connectivity index (χ3n) is 4.37. The van der Waals surface area contributed by atoms with Gasteiger partial charge < -0.3 is 10.2 Å². The molecule has 1 aromatic heterocycles. The molecule has 0 saturated carbocycles. The van der Waals surface area contributed by atoms with E-state index in [0.717, 1.165) is 38.8 Å². The van der Waals surface area contributed by atoms with Crippen LogP contribution in [0.5, 0.6) is 0 Å². The number of hydrogen-bond donors (Lipinski definition) is 1. The predicted molar refractivity (Wildman–Crippen MR) is 85.4 cm³/mol. The predicted octanol–water partition coefficient (Wildman–Crippen LogP) is 2.24. The zero-order valence-electron chi connectivity index (χ0n) is 13.4. The molecule has 0 aromatic carbocycles. The van der Waals surface area contributed by atoms with Crippen LogP contribution >= 0.6 is 0 Å². The number of aromatic nitrogens is 1. The van der Waals surface area contributed by atoms with Gasteiger partial charge in [0, 0.05) is 31.2 Å². The molecule has 5 heteroatoms. The standard InChI is InChI=1S/C17H25N3O2/c1-3-13(4-2)17(22)20-11-8-14(9-12-20)19-16(21)15-7-5-6-10-18-15/h5-7,10,13-14H,3-4,8-9,11-12H2,1-2H3,(H,19,21). The average Bonchev–Trinajstić information content (AvgIpc) is 2.57. The summed E-state index contributed by atoms with van der Waals surface area (Å²) in [7, 11) is 0. The topological polar surface area (TPSA) is 62.3 Å². The molecule has 1 aliphatic rings. The van der Waals surface area contributed by atoms with E-state index < -0.39 is 0 Å². The van der Waals surface area contributed by atoms with E-state index in [1.54, 1.807) is 24.4 Å². The fourth-order valence-corrected chi connectivity index (χ4v) is 2.90. The third-order valence-corrected chi connectivity index (χ3v) is 4.37. The molecule has 120 valence electrons. The third kappa shape index (κ3) is 4.06. The lowest BCUT2D eigenvalue weighted by atomic mass is 9.98. The maximum atomic E-state index is 12.3. The monoisotopic (exact) mass is 303 g/mol. The molecule has 1 saturated heterocycles. The minimum atomic E-state index is -0.134. The van der Waals surface area contributed by atoms with Crippen molar-refractivity contribution in [3.05, 3.63) is 30.1 Å². The van der Waals surface area contributed by atoms with E-state index in [0.29, 0.717) is 5.69 Å². The minimum absolute atomic E-state index is 0.125. The highest BCUT2D eigenvalue weighted by molar-refractivity contribution is 5.92. The lowest BCUT2D eigenvalue weighted by Crippen LogP contribution is -2.48. The molecule has 0 radical (unpaired) electrons. The van der Waals surface area contributed by atoms with Crippen LogP contribution in [0.15, 0.2) is 24.4 Å². The molecular weight excluding hydrogens is 278 g/mol. The van der Waals surface area contributed by atoms with Gasteiger partial charge in [0.15, 0.2) is 0 Å². The van der Waals surface area contributed by atoms with Gasteiger partial charge in [0.25, 0.3) is 5.91 Å². The molecule has 0 bridgehead atoms. The smallest absolute Gasteiger partial charge is 0.270 e. The Labute approximate surface area is 132 Å². The molecule has 2 rings (SSSR count). The van der Waals surface area contributed by atoms with E-state index in [9.17, 15) is 9.59 Å². The van der Waals surface area contributed by atoms with Crippen molar-refractivity contribution in [2.24, 2.45) is 5.92 Å². The fourth-order valence-electron chi connectivity index (χ4n) is 2.90. The molecule has 1 N–H and O–H groups in total. The van der Waals surface area contributed by atoms with Crippen molar-refractivity contribution in [1.82, 2.24) is 15.2 Å². The summed E-state index contributed by atoms with van der Waals surface area (Å²) in [6.07, 6.45) is 5.03. The largest absolute Gasteiger partial charge is 0.348 e. The van der Waals surface area contributed by atoms with Gasteiger partial charge in [-0.05, 0) is 37.8 Å². The number of carbonyl (C=O) groups is 2. The lowest BCUT2D eigenvalue weighted by Gasteiger charge is -2.34. The molecule has 0 atom stereocenters. The van der Waals surface area contributed by atoms with E-state index >= 15 is 0 Å². The molecule has 5 nitrogen and oxygen atoms in total. The lowest BCUT2D eigenvalue weighted by molar-refractivity contribution is -0.136. The van der Waals surface area contributed by atoms with Gasteiger partial charge in [-0.15, -0.1) is 0 Å². The van der Waals surface area contributed by atoms with Crippen molar-refractivity contribution < 1.29 is 9.59 Å². The summed E-state index contributed by atoms with van der Waals surface area (Å²) in [5.41, 5.74) is 0.443. The van der Waals surface area contributed by atoms with Gasteiger partial charge in [-0.3, -0.25) is 14.6 Å². The molecule has 1 fully saturated rings. The molecule has 22 heavy (non-hydrogen) atoms. The fraction of sp³-hybridized carbons (Fsp3) is 0.588. The van der Waals surface area contributed by atoms with Crippen LogP contribution in [0.3, 0.4) is 0 Å². The highest BCUT2D eigenvalue weighted by atomic mass is 16.2. The first-order valence-corrected chi connectivity index (χ1v) is 8.16. The van der Waals surface area contributed by atoms with Crippen LogP contribution in [0.2, 0.25) is 0 Å². The molecule has 0 spiro atoms. The van der Waals surface area contributed by atoms with Crippen LogP contribution in [0, 0.1) is 5.92 Å². The maximum absolute atomic E-state index is 12.3. The highest BCUT2D eigenvalue weighted by Gasteiger charge is 2.27. The molecule has 1 aliphatic heterocycles. The van der Waals surface area contributed by atoms with Gasteiger partial charge in [0.1, 0.15) is 5.69 Å². The molecule has 2 heterocycles. The summed E-state index contributed by atoms with van der Waals surface area (Å²) in [5, 5.41) is 3.01. The van der Waals surface area contributed by atoms with Crippen LogP contribution in [-0.4, -0.2) is 40.8 Å². The van der Waals surface area contributed by atoms with Crippen LogP contribution in [0.4, 0.5) is 0 Å². The zero-order chi connectivity index (χ0) is 15.9. The number of nitrogens with one attached hydrogen (secondary N) is 1. The Hall–Kier alpha value is -1.91. The van der Waals surface area contributed by atoms with Crippen LogP contribution < -0.4 is 5.32 Å². The number of likely N-dealkylation sites (tertiary alicyclic amines) is 1. The van der Waals surface area contributed by atoms with E-state index in [1.165, 1.54) is 0 Å². The van der Waals surface area contributed by atoms with Gasteiger partial charge in [0.2, 0.25) is 5.91 Å². The first-order valence-electron chi connectivity index (χ1n) is 8.16. The summed E-state index contributed by atoms with van der Waals surface area (Å²) in [5.74, 6) is 0.268. The van der Waals surface area contributed by atoms with Gasteiger partial charge in [0.05, 0.1) is 0 Å². The summed E-state index contributed by atoms with van der Waals surface area (Å²) in [6, 6.07) is 5.43. The Morgan fingerprint density at radius 1 is 1.27 bits per heavy atom. The van der Waals surface area contributed by atoms with Crippen LogP contribution in [0.25, 0.3) is 0 Å². The van der Waals surface area contributed by atoms with Crippen molar-refractivity contribution in [3.63, 3.8) is 0 Å². The number of carbonyl (C=O) groups excluding carboxylic acids is 2. The summed E-state index contributed by atoms with van der Waals surface area (Å²) >= 11 is 0. The van der Waals surface area contributed by atoms with Crippen molar-refractivity contribution in [1.29, 1.82) is 0 Å². The Morgan fingerprint density at radius 3 is 2.50 bits per heavy atom. The van der Waals surface area contributed by atoms with Gasteiger partial charge >= 0.3 is 0 Å². The van der Waals surface area contributed by atoms with Gasteiger partial charge in [-0.2, -0.15) is 0 Å². The van der Waals surface area contributed by atoms with Crippen LogP contribution in [-0.2, 0) is 4.79 Å². The van der Waals surface area contributed by atoms with E-state index in [1.807, 2.05) is 4.90 Å². The second-order valence-electron chi connectivity index (χ2n) is 5.80. The molecule has 0 unspecified atom stereocenters. The first kappa shape index (κ1) is 16.5. The summed E-state index contributed by atoms with van der Waals surface area (Å²) in [4.78, 5) is 30.4. The Kier molecular flexibility index (Phi) is 5.92. The number of rotatable bonds is 5. The Bertz CT molecular complexity index is 492. The molecule has 2 amide bonds. The van der Waals surface area contributed by atoms with Gasteiger partial charge in [-0.1, -0.05) is 19.9 Å².